The molecule has 0 saturated carbocycles. The molecule has 25 heavy (non-hydrogen) atoms. The second-order valence-electron chi connectivity index (χ2n) is 6.11. The van der Waals surface area contributed by atoms with Crippen molar-refractivity contribution >= 4 is 10.1 Å². The van der Waals surface area contributed by atoms with Gasteiger partial charge in [-0.3, -0.25) is 4.55 Å². The zero-order chi connectivity index (χ0) is 17.9. The predicted octanol–water partition coefficient (Wildman–Crippen LogP) is 1.95. The van der Waals surface area contributed by atoms with Crippen LogP contribution in [0.1, 0.15) is 23.7 Å². The molecule has 1 heterocycles. The fraction of sp³-hybridized carbons (Fsp3) is 0.333. The molecule has 0 aliphatic carbocycles. The molecule has 3 N–H and O–H groups in total. The minimum Gasteiger partial charge on any atom is -0.489 e. The van der Waals surface area contributed by atoms with E-state index in [-0.39, 0.29) is 11.0 Å². The van der Waals surface area contributed by atoms with Gasteiger partial charge in [0.1, 0.15) is 11.9 Å². The van der Waals surface area contributed by atoms with Crippen LogP contribution in [-0.2, 0) is 16.5 Å². The molecule has 3 rings (SSSR count). The predicted molar refractivity (Wildman–Crippen MR) is 93.3 cm³/mol. The lowest BCUT2D eigenvalue weighted by Crippen LogP contribution is -2.36. The quantitative estimate of drug-likeness (QED) is 0.679. The van der Waals surface area contributed by atoms with Gasteiger partial charge in [0, 0.05) is 13.1 Å². The van der Waals surface area contributed by atoms with E-state index in [1.165, 1.54) is 12.1 Å². The largest absolute Gasteiger partial charge is 0.489 e. The number of hydrogen-bond donors (Lipinski definition) is 3. The maximum Gasteiger partial charge on any atom is 0.294 e. The summed E-state index contributed by atoms with van der Waals surface area (Å²) in [6.45, 7) is 1.02. The Morgan fingerprint density at radius 1 is 1.20 bits per heavy atom. The van der Waals surface area contributed by atoms with Gasteiger partial charge in [-0.1, -0.05) is 30.3 Å². The first-order valence-corrected chi connectivity index (χ1v) is 9.58. The minimum absolute atomic E-state index is 0.0490. The van der Waals surface area contributed by atoms with Crippen LogP contribution in [0.2, 0.25) is 0 Å². The number of aliphatic hydroxyl groups excluding tert-OH is 1. The molecule has 1 unspecified atom stereocenters. The highest BCUT2D eigenvalue weighted by Crippen LogP contribution is 2.29. The second kappa shape index (κ2) is 7.53. The Bertz CT molecular complexity index is 823. The third-order valence-corrected chi connectivity index (χ3v) is 5.10. The van der Waals surface area contributed by atoms with Crippen LogP contribution in [0.3, 0.4) is 0 Å². The zero-order valence-corrected chi connectivity index (χ0v) is 14.4. The Morgan fingerprint density at radius 2 is 1.96 bits per heavy atom. The van der Waals surface area contributed by atoms with Gasteiger partial charge in [-0.2, -0.15) is 8.42 Å². The van der Waals surface area contributed by atoms with Crippen molar-refractivity contribution < 1.29 is 22.8 Å². The molecule has 0 radical (unpaired) electrons. The Balaban J connectivity index is 1.53. The molecule has 2 aromatic rings. The van der Waals surface area contributed by atoms with Gasteiger partial charge in [0.15, 0.2) is 0 Å². The van der Waals surface area contributed by atoms with Gasteiger partial charge in [-0.05, 0) is 42.2 Å². The molecule has 0 spiro atoms. The van der Waals surface area contributed by atoms with Crippen LogP contribution in [0.25, 0.3) is 0 Å². The number of nitrogens with one attached hydrogen (secondary N) is 1. The smallest absolute Gasteiger partial charge is 0.294 e. The SMILES string of the molecule is O=S(=O)(O)c1ccc2c(c1)CCC(CNC[C@@H](O)c1ccccc1)O2. The fourth-order valence-electron chi connectivity index (χ4n) is 2.90. The van der Waals surface area contributed by atoms with Gasteiger partial charge in [0.25, 0.3) is 10.1 Å². The molecule has 0 saturated heterocycles. The first-order valence-electron chi connectivity index (χ1n) is 8.14. The molecule has 134 valence electrons. The highest BCUT2D eigenvalue weighted by atomic mass is 32.2. The number of hydrogen-bond acceptors (Lipinski definition) is 5. The highest BCUT2D eigenvalue weighted by Gasteiger charge is 2.22. The minimum atomic E-state index is -4.20. The summed E-state index contributed by atoms with van der Waals surface area (Å²) in [5.41, 5.74) is 1.64. The van der Waals surface area contributed by atoms with Crippen LogP contribution >= 0.6 is 0 Å². The zero-order valence-electron chi connectivity index (χ0n) is 13.6. The van der Waals surface area contributed by atoms with Crippen molar-refractivity contribution in [2.45, 2.75) is 29.9 Å². The van der Waals surface area contributed by atoms with Crippen LogP contribution in [0.5, 0.6) is 5.75 Å². The highest BCUT2D eigenvalue weighted by molar-refractivity contribution is 7.85. The molecule has 0 fully saturated rings. The average Bonchev–Trinajstić information content (AvgIpc) is 2.61. The van der Waals surface area contributed by atoms with E-state index in [4.69, 9.17) is 9.29 Å². The summed E-state index contributed by atoms with van der Waals surface area (Å²) < 4.78 is 37.3. The number of aliphatic hydroxyl groups is 1. The lowest BCUT2D eigenvalue weighted by molar-refractivity contribution is 0.146. The van der Waals surface area contributed by atoms with E-state index in [9.17, 15) is 13.5 Å². The Kier molecular flexibility index (Phi) is 5.39. The van der Waals surface area contributed by atoms with Crippen molar-refractivity contribution in [3.63, 3.8) is 0 Å². The first-order chi connectivity index (χ1) is 11.9. The van der Waals surface area contributed by atoms with Crippen molar-refractivity contribution in [3.05, 3.63) is 59.7 Å². The Morgan fingerprint density at radius 3 is 2.68 bits per heavy atom. The number of ether oxygens (including phenoxy) is 1. The standard InChI is InChI=1S/C18H21NO5S/c20-17(13-4-2-1-3-5-13)12-19-11-15-7-6-14-10-16(25(21,22)23)8-9-18(14)24-15/h1-5,8-10,15,17,19-20H,6-7,11-12H2,(H,21,22,23)/t15?,17-/m1/s1. The molecule has 1 aliphatic heterocycles. The van der Waals surface area contributed by atoms with Crippen molar-refractivity contribution in [2.24, 2.45) is 0 Å². The fourth-order valence-corrected chi connectivity index (χ4v) is 3.43. The summed E-state index contributed by atoms with van der Waals surface area (Å²) in [5.74, 6) is 0.633. The van der Waals surface area contributed by atoms with Gasteiger partial charge in [-0.25, -0.2) is 0 Å². The van der Waals surface area contributed by atoms with E-state index in [1.54, 1.807) is 6.07 Å². The number of rotatable bonds is 6. The summed E-state index contributed by atoms with van der Waals surface area (Å²) in [6.07, 6.45) is 0.782. The molecule has 1 aliphatic rings. The lowest BCUT2D eigenvalue weighted by atomic mass is 10.0. The third-order valence-electron chi connectivity index (χ3n) is 4.25. The lowest BCUT2D eigenvalue weighted by Gasteiger charge is -2.27. The van der Waals surface area contributed by atoms with E-state index in [2.05, 4.69) is 5.32 Å². The van der Waals surface area contributed by atoms with Crippen LogP contribution < -0.4 is 10.1 Å². The topological polar surface area (TPSA) is 95.9 Å². The maximum atomic E-state index is 11.2. The first kappa shape index (κ1) is 17.9. The maximum absolute atomic E-state index is 11.2. The molecule has 0 amide bonds. The molecule has 0 aromatic heterocycles. The molecular formula is C18H21NO5S. The van der Waals surface area contributed by atoms with Crippen LogP contribution in [0, 0.1) is 0 Å². The Labute approximate surface area is 147 Å². The van der Waals surface area contributed by atoms with Gasteiger partial charge in [0.05, 0.1) is 11.0 Å². The summed E-state index contributed by atoms with van der Waals surface area (Å²) in [5, 5.41) is 13.3. The van der Waals surface area contributed by atoms with E-state index in [0.717, 1.165) is 17.5 Å². The van der Waals surface area contributed by atoms with Gasteiger partial charge < -0.3 is 15.2 Å². The van der Waals surface area contributed by atoms with E-state index in [1.807, 2.05) is 30.3 Å². The number of benzene rings is 2. The van der Waals surface area contributed by atoms with E-state index >= 15 is 0 Å². The van der Waals surface area contributed by atoms with E-state index in [0.29, 0.717) is 25.3 Å². The van der Waals surface area contributed by atoms with Gasteiger partial charge in [-0.15, -0.1) is 0 Å². The molecule has 7 heteroatoms. The average molecular weight is 363 g/mol. The summed E-state index contributed by atoms with van der Waals surface area (Å²) in [6, 6.07) is 13.8. The van der Waals surface area contributed by atoms with Crippen LogP contribution in [-0.4, -0.2) is 37.3 Å². The van der Waals surface area contributed by atoms with Crippen LogP contribution in [0.15, 0.2) is 53.4 Å². The normalized spacial score (nSPS) is 18.2. The number of fused-ring (bicyclic) bond motifs is 1. The van der Waals surface area contributed by atoms with Gasteiger partial charge >= 0.3 is 0 Å². The molecule has 2 aromatic carbocycles. The van der Waals surface area contributed by atoms with Crippen molar-refractivity contribution in [3.8, 4) is 5.75 Å². The third kappa shape index (κ3) is 4.58. The van der Waals surface area contributed by atoms with Crippen LogP contribution in [0.4, 0.5) is 0 Å². The molecule has 6 nitrogen and oxygen atoms in total. The van der Waals surface area contributed by atoms with Crippen molar-refractivity contribution in [1.82, 2.24) is 5.32 Å². The van der Waals surface area contributed by atoms with E-state index < -0.39 is 16.2 Å². The number of aryl methyl sites for hydroxylation is 1. The summed E-state index contributed by atoms with van der Waals surface area (Å²) >= 11 is 0. The summed E-state index contributed by atoms with van der Waals surface area (Å²) in [4.78, 5) is -0.114. The Hall–Kier alpha value is -1.93. The van der Waals surface area contributed by atoms with Gasteiger partial charge in [0.2, 0.25) is 0 Å². The van der Waals surface area contributed by atoms with Crippen molar-refractivity contribution in [2.75, 3.05) is 13.1 Å². The molecule has 0 bridgehead atoms. The monoisotopic (exact) mass is 363 g/mol. The molecule has 2 atom stereocenters. The second-order valence-corrected chi connectivity index (χ2v) is 7.53. The summed E-state index contributed by atoms with van der Waals surface area (Å²) in [7, 11) is -4.20. The molecular weight excluding hydrogens is 342 g/mol. The van der Waals surface area contributed by atoms with Crippen molar-refractivity contribution in [1.29, 1.82) is 0 Å².